The first-order valence-electron chi connectivity index (χ1n) is 11.6. The third-order valence-electron chi connectivity index (χ3n) is 7.47. The van der Waals surface area contributed by atoms with Crippen LogP contribution < -0.4 is 4.74 Å². The molecule has 2 amide bonds. The van der Waals surface area contributed by atoms with Crippen molar-refractivity contribution in [3.63, 3.8) is 0 Å². The highest BCUT2D eigenvalue weighted by Crippen LogP contribution is 2.51. The second-order valence-corrected chi connectivity index (χ2v) is 9.56. The Bertz CT molecular complexity index is 1160. The van der Waals surface area contributed by atoms with E-state index in [4.69, 9.17) is 9.39 Å². The Kier molecular flexibility index (Phi) is 5.74. The normalized spacial score (nSPS) is 26.6. The lowest BCUT2D eigenvalue weighted by atomic mass is 9.55. The van der Waals surface area contributed by atoms with Crippen LogP contribution in [0.1, 0.15) is 35.6 Å². The Labute approximate surface area is 199 Å². The summed E-state index contributed by atoms with van der Waals surface area (Å²) in [6.07, 6.45) is 0.352. The third kappa shape index (κ3) is 3.71. The Hall–Kier alpha value is -3.10. The maximum atomic E-state index is 13.1. The Balaban J connectivity index is 1.52. The second kappa shape index (κ2) is 8.60. The van der Waals surface area contributed by atoms with Crippen molar-refractivity contribution in [1.29, 1.82) is 0 Å². The van der Waals surface area contributed by atoms with Crippen molar-refractivity contribution in [2.75, 3.05) is 13.7 Å². The molecule has 2 aromatic carbocycles. The van der Waals surface area contributed by atoms with E-state index in [1.807, 2.05) is 56.3 Å². The van der Waals surface area contributed by atoms with Crippen LogP contribution in [0.25, 0.3) is 0 Å². The number of aromatic hydroxyl groups is 1. The van der Waals surface area contributed by atoms with E-state index in [2.05, 4.69) is 0 Å². The zero-order valence-electron chi connectivity index (χ0n) is 19.5. The number of likely N-dealkylation sites (tertiary alicyclic amines) is 1. The minimum Gasteiger partial charge on any atom is -0.507 e. The van der Waals surface area contributed by atoms with Gasteiger partial charge >= 0.3 is 7.12 Å². The molecule has 5 rings (SSSR count). The van der Waals surface area contributed by atoms with E-state index in [0.717, 1.165) is 22.3 Å². The molecule has 0 saturated carbocycles. The molecule has 2 aromatic rings. The van der Waals surface area contributed by atoms with Crippen molar-refractivity contribution in [2.45, 2.75) is 32.8 Å². The standard InChI is InChI=1S/C26H28BNO6/c1-14-9-16(10-15(2)24(14)29)21-12-19-22-20(25(30)28(3)26(22)31)11-17(23(19)27(32)34-21)13-33-18-7-5-4-6-8-18/h4-10,19-22,29,32H,11-13H2,1-3H3/t19-,20-,21-,22+/m0/s1. The molecule has 0 unspecified atom stereocenters. The van der Waals surface area contributed by atoms with Crippen LogP contribution in [0.5, 0.6) is 11.5 Å². The highest BCUT2D eigenvalue weighted by Gasteiger charge is 2.57. The fourth-order valence-electron chi connectivity index (χ4n) is 5.78. The summed E-state index contributed by atoms with van der Waals surface area (Å²) in [7, 11) is 0.324. The fourth-order valence-corrected chi connectivity index (χ4v) is 5.78. The quantitative estimate of drug-likeness (QED) is 0.537. The van der Waals surface area contributed by atoms with Gasteiger partial charge in [-0.3, -0.25) is 14.5 Å². The monoisotopic (exact) mass is 461 g/mol. The number of hydrogen-bond donors (Lipinski definition) is 2. The molecular formula is C26H28BNO6. The van der Waals surface area contributed by atoms with Gasteiger partial charge in [-0.25, -0.2) is 0 Å². The SMILES string of the molecule is Cc1cc([C@@H]2C[C@@H]3C(=C(COc4ccccc4)C[C@@H]4C(=O)N(C)C(=O)[C@@H]43)B(O)O2)cc(C)c1O. The molecule has 0 radical (unpaired) electrons. The number of allylic oxidation sites excluding steroid dienone is 1. The molecule has 3 aliphatic rings. The molecular weight excluding hydrogens is 433 g/mol. The van der Waals surface area contributed by atoms with Gasteiger partial charge in [0.1, 0.15) is 18.1 Å². The lowest BCUT2D eigenvalue weighted by Crippen LogP contribution is -2.45. The number of benzene rings is 2. The van der Waals surface area contributed by atoms with E-state index >= 15 is 0 Å². The van der Waals surface area contributed by atoms with Crippen LogP contribution in [0.15, 0.2) is 53.5 Å². The molecule has 8 heteroatoms. The van der Waals surface area contributed by atoms with Gasteiger partial charge in [0.05, 0.1) is 17.9 Å². The molecule has 2 saturated heterocycles. The molecule has 2 N–H and O–H groups in total. The summed E-state index contributed by atoms with van der Waals surface area (Å²) in [4.78, 5) is 27.2. The average molecular weight is 461 g/mol. The topological polar surface area (TPSA) is 96.3 Å². The molecule has 2 fully saturated rings. The number of amides is 2. The van der Waals surface area contributed by atoms with Crippen LogP contribution in [-0.4, -0.2) is 47.6 Å². The summed E-state index contributed by atoms with van der Waals surface area (Å²) in [6.45, 7) is 3.85. The first kappa shape index (κ1) is 22.7. The van der Waals surface area contributed by atoms with Gasteiger partial charge in [-0.05, 0) is 84.6 Å². The number of carbonyl (C=O) groups excluding carboxylic acids is 2. The largest absolute Gasteiger partial charge is 0.507 e. The van der Waals surface area contributed by atoms with E-state index < -0.39 is 25.1 Å². The lowest BCUT2D eigenvalue weighted by Gasteiger charge is -2.42. The van der Waals surface area contributed by atoms with Gasteiger partial charge in [-0.15, -0.1) is 0 Å². The van der Waals surface area contributed by atoms with E-state index in [0.29, 0.717) is 24.1 Å². The number of carbonyl (C=O) groups is 2. The van der Waals surface area contributed by atoms with Gasteiger partial charge in [0.15, 0.2) is 0 Å². The van der Waals surface area contributed by atoms with Gasteiger partial charge in [0, 0.05) is 7.05 Å². The van der Waals surface area contributed by atoms with Gasteiger partial charge in [0.2, 0.25) is 11.8 Å². The van der Waals surface area contributed by atoms with Crippen LogP contribution in [0.2, 0.25) is 0 Å². The maximum Gasteiger partial charge on any atom is 0.487 e. The summed E-state index contributed by atoms with van der Waals surface area (Å²) >= 11 is 0. The smallest absolute Gasteiger partial charge is 0.487 e. The third-order valence-corrected chi connectivity index (χ3v) is 7.47. The van der Waals surface area contributed by atoms with Crippen molar-refractivity contribution in [3.8, 4) is 11.5 Å². The van der Waals surface area contributed by atoms with E-state index in [1.165, 1.54) is 11.9 Å². The highest BCUT2D eigenvalue weighted by molar-refractivity contribution is 6.53. The first-order valence-corrected chi connectivity index (χ1v) is 11.6. The number of fused-ring (bicyclic) bond motifs is 3. The lowest BCUT2D eigenvalue weighted by molar-refractivity contribution is -0.138. The van der Waals surface area contributed by atoms with Crippen LogP contribution in [0.4, 0.5) is 0 Å². The number of rotatable bonds is 4. The van der Waals surface area contributed by atoms with Crippen molar-refractivity contribution in [2.24, 2.45) is 17.8 Å². The summed E-state index contributed by atoms with van der Waals surface area (Å²) in [5, 5.41) is 21.3. The highest BCUT2D eigenvalue weighted by atomic mass is 16.5. The number of phenolic OH excluding ortho intramolecular Hbond substituents is 1. The zero-order chi connectivity index (χ0) is 24.1. The van der Waals surface area contributed by atoms with Gasteiger partial charge in [-0.1, -0.05) is 18.2 Å². The second-order valence-electron chi connectivity index (χ2n) is 9.56. The Morgan fingerprint density at radius 1 is 1.09 bits per heavy atom. The van der Waals surface area contributed by atoms with E-state index in [9.17, 15) is 19.7 Å². The molecule has 2 heterocycles. The summed E-state index contributed by atoms with van der Waals surface area (Å²) in [5.41, 5.74) is 3.76. The number of aryl methyl sites for hydroxylation is 2. The molecule has 2 aliphatic heterocycles. The van der Waals surface area contributed by atoms with E-state index in [-0.39, 0.29) is 30.1 Å². The Morgan fingerprint density at radius 2 is 1.76 bits per heavy atom. The number of nitrogens with zero attached hydrogens (tertiary/aromatic N) is 1. The average Bonchev–Trinajstić information content (AvgIpc) is 3.05. The van der Waals surface area contributed by atoms with Gasteiger partial charge < -0.3 is 19.5 Å². The van der Waals surface area contributed by atoms with Crippen molar-refractivity contribution >= 4 is 18.9 Å². The van der Waals surface area contributed by atoms with Crippen LogP contribution in [0.3, 0.4) is 0 Å². The van der Waals surface area contributed by atoms with E-state index in [1.54, 1.807) is 0 Å². The first-order chi connectivity index (χ1) is 16.3. The van der Waals surface area contributed by atoms with Gasteiger partial charge in [0.25, 0.3) is 0 Å². The summed E-state index contributed by atoms with van der Waals surface area (Å²) < 4.78 is 12.0. The molecule has 7 nitrogen and oxygen atoms in total. The minimum atomic E-state index is -1.21. The minimum absolute atomic E-state index is 0.180. The molecule has 4 atom stereocenters. The number of para-hydroxylation sites is 1. The zero-order valence-corrected chi connectivity index (χ0v) is 19.5. The molecule has 1 aliphatic carbocycles. The number of phenols is 1. The molecule has 176 valence electrons. The summed E-state index contributed by atoms with van der Waals surface area (Å²) in [6, 6.07) is 13.1. The number of imide groups is 1. The molecule has 0 aromatic heterocycles. The molecule has 0 spiro atoms. The van der Waals surface area contributed by atoms with Crippen molar-refractivity contribution in [1.82, 2.24) is 4.90 Å². The van der Waals surface area contributed by atoms with Crippen LogP contribution >= 0.6 is 0 Å². The fraction of sp³-hybridized carbons (Fsp3) is 0.385. The number of ether oxygens (including phenoxy) is 1. The van der Waals surface area contributed by atoms with Crippen LogP contribution in [0, 0.1) is 31.6 Å². The maximum absolute atomic E-state index is 13.1. The molecule has 34 heavy (non-hydrogen) atoms. The number of hydrogen-bond acceptors (Lipinski definition) is 6. The predicted molar refractivity (Wildman–Crippen MR) is 126 cm³/mol. The summed E-state index contributed by atoms with van der Waals surface area (Å²) in [5.74, 6) is -0.774. The van der Waals surface area contributed by atoms with Crippen molar-refractivity contribution in [3.05, 3.63) is 70.2 Å². The Morgan fingerprint density at radius 3 is 2.44 bits per heavy atom. The molecule has 0 bridgehead atoms. The van der Waals surface area contributed by atoms with Crippen molar-refractivity contribution < 1.29 is 29.1 Å². The van der Waals surface area contributed by atoms with Crippen LogP contribution in [-0.2, 0) is 14.2 Å². The van der Waals surface area contributed by atoms with Gasteiger partial charge in [-0.2, -0.15) is 0 Å². The predicted octanol–water partition coefficient (Wildman–Crippen LogP) is 3.12.